The van der Waals surface area contributed by atoms with Gasteiger partial charge in [-0.25, -0.2) is 8.78 Å². The predicted octanol–water partition coefficient (Wildman–Crippen LogP) is 2.34. The average molecular weight is 251 g/mol. The zero-order valence-electron chi connectivity index (χ0n) is 9.42. The standard InChI is InChI=1S/C10H13F4N3/c1-6-8(16-4-3-15-6)7(2)17-5-10(13,14)9(11)12/h3-4,7,9,17H,5H2,1-2H3. The van der Waals surface area contributed by atoms with Gasteiger partial charge in [0, 0.05) is 18.4 Å². The van der Waals surface area contributed by atoms with Crippen molar-refractivity contribution in [3.05, 3.63) is 23.8 Å². The van der Waals surface area contributed by atoms with Gasteiger partial charge in [0.25, 0.3) is 0 Å². The van der Waals surface area contributed by atoms with E-state index in [2.05, 4.69) is 15.3 Å². The van der Waals surface area contributed by atoms with Crippen molar-refractivity contribution in [1.82, 2.24) is 15.3 Å². The largest absolute Gasteiger partial charge is 0.319 e. The summed E-state index contributed by atoms with van der Waals surface area (Å²) in [7, 11) is 0. The van der Waals surface area contributed by atoms with Gasteiger partial charge < -0.3 is 5.32 Å². The van der Waals surface area contributed by atoms with Crippen LogP contribution in [0.25, 0.3) is 0 Å². The van der Waals surface area contributed by atoms with E-state index in [1.165, 1.54) is 12.4 Å². The fourth-order valence-corrected chi connectivity index (χ4v) is 1.31. The first-order valence-electron chi connectivity index (χ1n) is 5.01. The lowest BCUT2D eigenvalue weighted by molar-refractivity contribution is -0.126. The molecule has 1 N–H and O–H groups in total. The molecule has 1 atom stereocenters. The van der Waals surface area contributed by atoms with Crippen LogP contribution in [-0.2, 0) is 0 Å². The lowest BCUT2D eigenvalue weighted by Gasteiger charge is -2.20. The van der Waals surface area contributed by atoms with E-state index in [9.17, 15) is 17.6 Å². The highest BCUT2D eigenvalue weighted by atomic mass is 19.3. The number of aromatic nitrogens is 2. The molecule has 0 saturated heterocycles. The monoisotopic (exact) mass is 251 g/mol. The number of hydrogen-bond acceptors (Lipinski definition) is 3. The van der Waals surface area contributed by atoms with Gasteiger partial charge in [0.1, 0.15) is 0 Å². The van der Waals surface area contributed by atoms with Gasteiger partial charge in [0.2, 0.25) is 0 Å². The van der Waals surface area contributed by atoms with E-state index in [0.29, 0.717) is 11.4 Å². The van der Waals surface area contributed by atoms with Gasteiger partial charge in [-0.15, -0.1) is 0 Å². The summed E-state index contributed by atoms with van der Waals surface area (Å²) in [5.41, 5.74) is 1.05. The van der Waals surface area contributed by atoms with Crippen molar-refractivity contribution in [3.63, 3.8) is 0 Å². The summed E-state index contributed by atoms with van der Waals surface area (Å²) in [5, 5.41) is 2.33. The van der Waals surface area contributed by atoms with Crippen LogP contribution in [0.15, 0.2) is 12.4 Å². The van der Waals surface area contributed by atoms with Crippen molar-refractivity contribution < 1.29 is 17.6 Å². The van der Waals surface area contributed by atoms with E-state index < -0.39 is 24.9 Å². The lowest BCUT2D eigenvalue weighted by Crippen LogP contribution is -2.40. The molecule has 1 heterocycles. The predicted molar refractivity (Wildman–Crippen MR) is 54.1 cm³/mol. The summed E-state index contributed by atoms with van der Waals surface area (Å²) in [4.78, 5) is 7.91. The number of aryl methyl sites for hydroxylation is 1. The minimum Gasteiger partial charge on any atom is -0.303 e. The van der Waals surface area contributed by atoms with E-state index in [1.54, 1.807) is 13.8 Å². The van der Waals surface area contributed by atoms with Gasteiger partial charge in [-0.05, 0) is 13.8 Å². The molecule has 0 aliphatic heterocycles. The number of rotatable bonds is 5. The van der Waals surface area contributed by atoms with Crippen LogP contribution >= 0.6 is 0 Å². The molecule has 0 spiro atoms. The van der Waals surface area contributed by atoms with Gasteiger partial charge in [0.15, 0.2) is 0 Å². The van der Waals surface area contributed by atoms with Gasteiger partial charge in [0.05, 0.1) is 17.9 Å². The van der Waals surface area contributed by atoms with E-state index in [4.69, 9.17) is 0 Å². The molecular formula is C10H13F4N3. The van der Waals surface area contributed by atoms with Crippen LogP contribution in [0.1, 0.15) is 24.4 Å². The summed E-state index contributed by atoms with van der Waals surface area (Å²) in [6.07, 6.45) is -0.782. The Morgan fingerprint density at radius 3 is 2.41 bits per heavy atom. The summed E-state index contributed by atoms with van der Waals surface area (Å²) < 4.78 is 49.2. The molecule has 3 nitrogen and oxygen atoms in total. The maximum atomic E-state index is 12.7. The molecule has 96 valence electrons. The topological polar surface area (TPSA) is 37.8 Å². The third kappa shape index (κ3) is 3.62. The van der Waals surface area contributed by atoms with Gasteiger partial charge in [-0.3, -0.25) is 9.97 Å². The highest BCUT2D eigenvalue weighted by Gasteiger charge is 2.40. The molecule has 0 bridgehead atoms. The zero-order valence-corrected chi connectivity index (χ0v) is 9.42. The molecule has 1 unspecified atom stereocenters. The number of alkyl halides is 4. The summed E-state index contributed by atoms with van der Waals surface area (Å²) in [6.45, 7) is 2.15. The molecular weight excluding hydrogens is 238 g/mol. The Hall–Kier alpha value is -1.24. The normalized spacial score (nSPS) is 14.1. The van der Waals surface area contributed by atoms with Gasteiger partial charge in [-0.1, -0.05) is 0 Å². The zero-order chi connectivity index (χ0) is 13.1. The Kier molecular flexibility index (Phi) is 4.39. The third-order valence-corrected chi connectivity index (χ3v) is 2.29. The quantitative estimate of drug-likeness (QED) is 0.816. The number of nitrogens with zero attached hydrogens (tertiary/aromatic N) is 2. The minimum atomic E-state index is -4.04. The Bertz CT molecular complexity index is 370. The Balaban J connectivity index is 2.62. The fourth-order valence-electron chi connectivity index (χ4n) is 1.31. The second-order valence-electron chi connectivity index (χ2n) is 3.69. The van der Waals surface area contributed by atoms with Crippen molar-refractivity contribution in [2.24, 2.45) is 0 Å². The molecule has 7 heteroatoms. The smallest absolute Gasteiger partial charge is 0.303 e. The Labute approximate surface area is 96.3 Å². The highest BCUT2D eigenvalue weighted by Crippen LogP contribution is 2.23. The van der Waals surface area contributed by atoms with Crippen LogP contribution < -0.4 is 5.32 Å². The molecule has 0 fully saturated rings. The molecule has 1 aromatic heterocycles. The van der Waals surface area contributed by atoms with Crippen molar-refractivity contribution in [2.45, 2.75) is 32.2 Å². The molecule has 17 heavy (non-hydrogen) atoms. The van der Waals surface area contributed by atoms with Crippen LogP contribution in [-0.4, -0.2) is 28.9 Å². The van der Waals surface area contributed by atoms with Gasteiger partial charge in [-0.2, -0.15) is 8.78 Å². The molecule has 0 aliphatic rings. The first-order valence-corrected chi connectivity index (χ1v) is 5.01. The van der Waals surface area contributed by atoms with Crippen molar-refractivity contribution >= 4 is 0 Å². The highest BCUT2D eigenvalue weighted by molar-refractivity contribution is 5.12. The van der Waals surface area contributed by atoms with Crippen LogP contribution in [0.4, 0.5) is 17.6 Å². The van der Waals surface area contributed by atoms with E-state index in [-0.39, 0.29) is 0 Å². The Morgan fingerprint density at radius 1 is 1.29 bits per heavy atom. The summed E-state index contributed by atoms with van der Waals surface area (Å²) >= 11 is 0. The molecule has 0 amide bonds. The van der Waals surface area contributed by atoms with Crippen LogP contribution in [0, 0.1) is 6.92 Å². The second-order valence-corrected chi connectivity index (χ2v) is 3.69. The third-order valence-electron chi connectivity index (χ3n) is 2.29. The summed E-state index contributed by atoms with van der Waals surface area (Å²) in [6, 6.07) is -0.562. The maximum absolute atomic E-state index is 12.7. The number of hydrogen-bond donors (Lipinski definition) is 1. The van der Waals surface area contributed by atoms with Crippen molar-refractivity contribution in [3.8, 4) is 0 Å². The SMILES string of the molecule is Cc1nccnc1C(C)NCC(F)(F)C(F)F. The van der Waals surface area contributed by atoms with Crippen LogP contribution in [0.3, 0.4) is 0 Å². The van der Waals surface area contributed by atoms with Crippen LogP contribution in [0.2, 0.25) is 0 Å². The van der Waals surface area contributed by atoms with Gasteiger partial charge >= 0.3 is 12.3 Å². The first-order chi connectivity index (χ1) is 7.84. The lowest BCUT2D eigenvalue weighted by atomic mass is 10.2. The fraction of sp³-hybridized carbons (Fsp3) is 0.600. The molecule has 0 aromatic carbocycles. The van der Waals surface area contributed by atoms with Crippen LogP contribution in [0.5, 0.6) is 0 Å². The maximum Gasteiger partial charge on any atom is 0.319 e. The molecule has 0 aliphatic carbocycles. The van der Waals surface area contributed by atoms with E-state index in [1.807, 2.05) is 0 Å². The average Bonchev–Trinajstić information content (AvgIpc) is 2.26. The number of halogens is 4. The minimum absolute atomic E-state index is 0.470. The molecule has 1 aromatic rings. The van der Waals surface area contributed by atoms with E-state index in [0.717, 1.165) is 0 Å². The molecule has 0 radical (unpaired) electrons. The first kappa shape index (κ1) is 13.8. The summed E-state index contributed by atoms with van der Waals surface area (Å²) in [5.74, 6) is -4.04. The second kappa shape index (κ2) is 5.39. The van der Waals surface area contributed by atoms with E-state index >= 15 is 0 Å². The Morgan fingerprint density at radius 2 is 1.88 bits per heavy atom. The molecule has 0 saturated carbocycles. The van der Waals surface area contributed by atoms with Crippen molar-refractivity contribution in [2.75, 3.05) is 6.54 Å². The number of nitrogens with one attached hydrogen (secondary N) is 1. The molecule has 1 rings (SSSR count). The van der Waals surface area contributed by atoms with Crippen molar-refractivity contribution in [1.29, 1.82) is 0 Å².